The highest BCUT2D eigenvalue weighted by molar-refractivity contribution is 6.10. The van der Waals surface area contributed by atoms with Gasteiger partial charge >= 0.3 is 0 Å². The number of halogens is 1. The molecule has 290 valence electrons. The van der Waals surface area contributed by atoms with Gasteiger partial charge in [0.15, 0.2) is 17.3 Å². The summed E-state index contributed by atoms with van der Waals surface area (Å²) in [5.41, 5.74) is 4.23. The lowest BCUT2D eigenvalue weighted by molar-refractivity contribution is 0.104. The molecule has 8 heteroatoms. The summed E-state index contributed by atoms with van der Waals surface area (Å²) in [6.45, 7) is 0.670. The molecule has 0 spiro atoms. The second kappa shape index (κ2) is 19.5. The van der Waals surface area contributed by atoms with E-state index >= 15 is 4.39 Å². The molecule has 0 aliphatic rings. The van der Waals surface area contributed by atoms with Crippen molar-refractivity contribution in [1.82, 2.24) is 0 Å². The van der Waals surface area contributed by atoms with E-state index in [0.717, 1.165) is 27.8 Å². The van der Waals surface area contributed by atoms with Crippen molar-refractivity contribution in [2.45, 2.75) is 33.0 Å². The number of rotatable bonds is 18. The van der Waals surface area contributed by atoms with E-state index in [1.54, 1.807) is 6.07 Å². The van der Waals surface area contributed by atoms with Gasteiger partial charge in [0.1, 0.15) is 55.8 Å². The molecule has 0 amide bonds. The molecule has 58 heavy (non-hydrogen) atoms. The van der Waals surface area contributed by atoms with Crippen molar-refractivity contribution in [3.63, 3.8) is 0 Å². The second-order valence-electron chi connectivity index (χ2n) is 13.3. The second-order valence-corrected chi connectivity index (χ2v) is 13.3. The molecule has 0 saturated carbocycles. The van der Waals surface area contributed by atoms with Crippen LogP contribution >= 0.6 is 0 Å². The van der Waals surface area contributed by atoms with Gasteiger partial charge < -0.3 is 28.8 Å². The fourth-order valence-corrected chi connectivity index (χ4v) is 6.05. The highest BCUT2D eigenvalue weighted by Crippen LogP contribution is 2.44. The smallest absolute Gasteiger partial charge is 0.207 e. The van der Waals surface area contributed by atoms with Crippen molar-refractivity contribution in [3.8, 4) is 34.5 Å². The molecule has 0 saturated heterocycles. The molecule has 7 nitrogen and oxygen atoms in total. The Morgan fingerprint density at radius 3 is 1.34 bits per heavy atom. The molecule has 0 aliphatic heterocycles. The molecule has 0 aromatic heterocycles. The molecule has 7 aromatic carbocycles. The number of benzene rings is 7. The predicted octanol–water partition coefficient (Wildman–Crippen LogP) is 11.3. The van der Waals surface area contributed by atoms with Gasteiger partial charge in [-0.05, 0) is 46.0 Å². The molecule has 7 rings (SSSR count). The van der Waals surface area contributed by atoms with Crippen molar-refractivity contribution >= 4 is 11.9 Å². The first-order valence-electron chi connectivity index (χ1n) is 18.8. The van der Waals surface area contributed by atoms with E-state index in [2.05, 4.69) is 0 Å². The van der Waals surface area contributed by atoms with Gasteiger partial charge in [0.05, 0.1) is 0 Å². The topological polar surface area (TPSA) is 83.5 Å². The summed E-state index contributed by atoms with van der Waals surface area (Å²) in [5, 5.41) is 11.3. The van der Waals surface area contributed by atoms with Crippen LogP contribution in [0.1, 0.15) is 43.7 Å². The van der Waals surface area contributed by atoms with E-state index in [0.29, 0.717) is 5.75 Å². The van der Waals surface area contributed by atoms with Crippen LogP contribution in [0.5, 0.6) is 34.5 Å². The fraction of sp³-hybridized carbons (Fsp3) is 0.100. The van der Waals surface area contributed by atoms with Gasteiger partial charge in [-0.25, -0.2) is 4.39 Å². The average Bonchev–Trinajstić information content (AvgIpc) is 3.27. The van der Waals surface area contributed by atoms with E-state index in [-0.39, 0.29) is 72.9 Å². The Labute approximate surface area is 337 Å². The Balaban J connectivity index is 1.23. The van der Waals surface area contributed by atoms with Crippen LogP contribution in [-0.2, 0) is 33.0 Å². The van der Waals surface area contributed by atoms with Crippen molar-refractivity contribution in [3.05, 3.63) is 221 Å². The van der Waals surface area contributed by atoms with Crippen molar-refractivity contribution in [2.24, 2.45) is 0 Å². The monoisotopic (exact) mass is 772 g/mol. The van der Waals surface area contributed by atoms with E-state index in [4.69, 9.17) is 23.7 Å². The molecule has 7 aromatic rings. The third kappa shape index (κ3) is 10.5. The highest BCUT2D eigenvalue weighted by Gasteiger charge is 2.24. The quantitative estimate of drug-likeness (QED) is 0.0687. The van der Waals surface area contributed by atoms with Crippen LogP contribution in [0.3, 0.4) is 0 Å². The average molecular weight is 773 g/mol. The number of ether oxygens (including phenoxy) is 5. The lowest BCUT2D eigenvalue weighted by Crippen LogP contribution is -2.07. The molecule has 0 bridgehead atoms. The first kappa shape index (κ1) is 38.9. The largest absolute Gasteiger partial charge is 0.507 e. The Kier molecular flexibility index (Phi) is 13.1. The first-order valence-corrected chi connectivity index (χ1v) is 18.8. The van der Waals surface area contributed by atoms with E-state index in [1.165, 1.54) is 24.3 Å². The third-order valence-corrected chi connectivity index (χ3v) is 9.06. The minimum atomic E-state index is -0.760. The number of phenolic OH excluding ortho intramolecular Hbond substituents is 1. The molecule has 0 heterocycles. The molecule has 1 N–H and O–H groups in total. The van der Waals surface area contributed by atoms with Crippen LogP contribution in [0, 0.1) is 5.82 Å². The fourth-order valence-electron chi connectivity index (χ4n) is 6.05. The number of phenols is 1. The third-order valence-electron chi connectivity index (χ3n) is 9.06. The van der Waals surface area contributed by atoms with Gasteiger partial charge in [-0.15, -0.1) is 0 Å². The molecule has 0 unspecified atom stereocenters. The molecule has 0 radical (unpaired) electrons. The van der Waals surface area contributed by atoms with Crippen molar-refractivity contribution < 1.29 is 38.0 Å². The SMILES string of the molecule is O=C(C=Cc1cc(OCc2ccccc2)c(OCc2ccccc2)c(OCc2ccccc2)c1F)c1c(O)cc(OCc2ccccc2)cc1OCc1ccccc1. The van der Waals surface area contributed by atoms with Crippen LogP contribution in [-0.4, -0.2) is 10.9 Å². The van der Waals surface area contributed by atoms with Gasteiger partial charge in [-0.3, -0.25) is 4.79 Å². The summed E-state index contributed by atoms with van der Waals surface area (Å²) in [5.74, 6) is -1.21. The minimum Gasteiger partial charge on any atom is -0.507 e. The van der Waals surface area contributed by atoms with E-state index in [1.807, 2.05) is 152 Å². The van der Waals surface area contributed by atoms with E-state index < -0.39 is 11.6 Å². The van der Waals surface area contributed by atoms with Gasteiger partial charge in [0.25, 0.3) is 0 Å². The minimum absolute atomic E-state index is 0.000549. The number of hydrogen-bond acceptors (Lipinski definition) is 7. The summed E-state index contributed by atoms with van der Waals surface area (Å²) in [6, 6.07) is 51.9. The summed E-state index contributed by atoms with van der Waals surface area (Å²) in [6.07, 6.45) is 2.50. The zero-order valence-electron chi connectivity index (χ0n) is 31.6. The standard InChI is InChI=1S/C50H41FO7/c51-48-41(26-27-43(52)47-44(53)29-42(54-31-36-16-6-1-7-17-36)30-45(47)55-32-37-18-8-2-9-19-37)28-46(56-33-38-20-10-3-11-21-38)49(57-34-39-22-12-4-13-23-39)50(48)58-35-40-24-14-5-15-25-40/h1-30,53H,31-35H2. The van der Waals surface area contributed by atoms with E-state index in [9.17, 15) is 9.90 Å². The maximum atomic E-state index is 16.8. The molecule has 0 atom stereocenters. The lowest BCUT2D eigenvalue weighted by atomic mass is 10.0. The number of hydrogen-bond donors (Lipinski definition) is 1. The summed E-state index contributed by atoms with van der Waals surface area (Å²) in [7, 11) is 0. The Morgan fingerprint density at radius 1 is 0.483 bits per heavy atom. The Morgan fingerprint density at radius 2 is 0.879 bits per heavy atom. The van der Waals surface area contributed by atoms with Crippen molar-refractivity contribution in [1.29, 1.82) is 0 Å². The van der Waals surface area contributed by atoms with Crippen LogP contribution in [0.15, 0.2) is 176 Å². The van der Waals surface area contributed by atoms with Gasteiger partial charge in [-0.2, -0.15) is 0 Å². The summed E-state index contributed by atoms with van der Waals surface area (Å²) >= 11 is 0. The number of carbonyl (C=O) groups is 1. The maximum Gasteiger partial charge on any atom is 0.207 e. The number of ketones is 1. The molecule has 0 fully saturated rings. The van der Waals surface area contributed by atoms with Crippen LogP contribution < -0.4 is 23.7 Å². The van der Waals surface area contributed by atoms with Crippen LogP contribution in [0.2, 0.25) is 0 Å². The van der Waals surface area contributed by atoms with Gasteiger partial charge in [0.2, 0.25) is 11.5 Å². The van der Waals surface area contributed by atoms with Crippen LogP contribution in [0.4, 0.5) is 4.39 Å². The van der Waals surface area contributed by atoms with Gasteiger partial charge in [-0.1, -0.05) is 152 Å². The zero-order chi connectivity index (χ0) is 39.9. The molecular formula is C50H41FO7. The normalized spacial score (nSPS) is 10.9. The van der Waals surface area contributed by atoms with Crippen molar-refractivity contribution in [2.75, 3.05) is 0 Å². The summed E-state index contributed by atoms with van der Waals surface area (Å²) < 4.78 is 47.7. The number of allylic oxidation sites excluding steroid dienone is 1. The maximum absolute atomic E-state index is 16.8. The predicted molar refractivity (Wildman–Crippen MR) is 222 cm³/mol. The highest BCUT2D eigenvalue weighted by atomic mass is 19.1. The number of aromatic hydroxyl groups is 1. The zero-order valence-corrected chi connectivity index (χ0v) is 31.6. The van der Waals surface area contributed by atoms with Crippen LogP contribution in [0.25, 0.3) is 6.08 Å². The number of carbonyl (C=O) groups excluding carboxylic acids is 1. The summed E-state index contributed by atoms with van der Waals surface area (Å²) in [4.78, 5) is 14.0. The van der Waals surface area contributed by atoms with Gasteiger partial charge in [0, 0.05) is 17.7 Å². The Bertz CT molecular complexity index is 2420. The lowest BCUT2D eigenvalue weighted by Gasteiger charge is -2.19. The molecular weight excluding hydrogens is 732 g/mol. The Hall–Kier alpha value is -7.32. The molecule has 0 aliphatic carbocycles. The first-order chi connectivity index (χ1) is 28.5.